The van der Waals surface area contributed by atoms with Crippen LogP contribution in [0.15, 0.2) is 49.1 Å². The Kier molecular flexibility index (Phi) is 3.61. The maximum absolute atomic E-state index is 11.3. The number of esters is 1. The second kappa shape index (κ2) is 5.35. The van der Waals surface area contributed by atoms with Crippen molar-refractivity contribution in [3.8, 4) is 5.75 Å². The van der Waals surface area contributed by atoms with Gasteiger partial charge in [-0.15, -0.1) is 6.58 Å². The van der Waals surface area contributed by atoms with E-state index in [2.05, 4.69) is 6.58 Å². The van der Waals surface area contributed by atoms with Gasteiger partial charge in [0.15, 0.2) is 0 Å². The summed E-state index contributed by atoms with van der Waals surface area (Å²) in [6.07, 6.45) is 1.62. The Morgan fingerprint density at radius 1 is 1.16 bits per heavy atom. The minimum absolute atomic E-state index is 0.149. The topological polar surface area (TPSA) is 63.6 Å². The van der Waals surface area contributed by atoms with Crippen LogP contribution in [-0.4, -0.2) is 17.0 Å². The summed E-state index contributed by atoms with van der Waals surface area (Å²) in [5.41, 5.74) is 0.226. The fourth-order valence-electron chi connectivity index (χ4n) is 1.71. The molecular formula is C15H12O4. The summed E-state index contributed by atoms with van der Waals surface area (Å²) in [6, 6.07) is 9.83. The van der Waals surface area contributed by atoms with Crippen LogP contribution in [0.5, 0.6) is 5.75 Å². The molecule has 0 atom stereocenters. The van der Waals surface area contributed by atoms with E-state index in [0.717, 1.165) is 10.8 Å². The van der Waals surface area contributed by atoms with E-state index in [1.807, 2.05) is 0 Å². The number of hydrogen-bond acceptors (Lipinski definition) is 3. The maximum Gasteiger partial charge on any atom is 0.335 e. The second-order valence-corrected chi connectivity index (χ2v) is 4.00. The molecule has 0 aliphatic rings. The van der Waals surface area contributed by atoms with Crippen LogP contribution in [-0.2, 0) is 4.79 Å². The molecule has 2 aromatic carbocycles. The van der Waals surface area contributed by atoms with Gasteiger partial charge in [0.1, 0.15) is 5.75 Å². The van der Waals surface area contributed by atoms with Crippen LogP contribution in [0.25, 0.3) is 10.8 Å². The number of carbonyl (C=O) groups is 2. The van der Waals surface area contributed by atoms with Gasteiger partial charge in [0.05, 0.1) is 12.0 Å². The van der Waals surface area contributed by atoms with Crippen LogP contribution in [0, 0.1) is 0 Å². The summed E-state index contributed by atoms with van der Waals surface area (Å²) in [4.78, 5) is 22.2. The molecule has 0 aromatic heterocycles. The first-order chi connectivity index (χ1) is 9.10. The number of carbonyl (C=O) groups excluding carboxylic acids is 1. The average Bonchev–Trinajstić information content (AvgIpc) is 2.38. The summed E-state index contributed by atoms with van der Waals surface area (Å²) in [6.45, 7) is 3.46. The summed E-state index contributed by atoms with van der Waals surface area (Å²) in [7, 11) is 0. The van der Waals surface area contributed by atoms with Crippen LogP contribution >= 0.6 is 0 Å². The quantitative estimate of drug-likeness (QED) is 0.519. The molecule has 0 aliphatic carbocycles. The first kappa shape index (κ1) is 12.8. The summed E-state index contributed by atoms with van der Waals surface area (Å²) in [5, 5.41) is 10.5. The molecule has 0 aliphatic heterocycles. The summed E-state index contributed by atoms with van der Waals surface area (Å²) < 4.78 is 5.11. The number of fused-ring (bicyclic) bond motifs is 1. The molecular weight excluding hydrogens is 244 g/mol. The summed E-state index contributed by atoms with van der Waals surface area (Å²) >= 11 is 0. The van der Waals surface area contributed by atoms with Crippen molar-refractivity contribution >= 4 is 22.7 Å². The summed E-state index contributed by atoms with van der Waals surface area (Å²) in [5.74, 6) is -0.915. The molecule has 4 heteroatoms. The molecule has 0 saturated heterocycles. The van der Waals surface area contributed by atoms with E-state index >= 15 is 0 Å². The van der Waals surface area contributed by atoms with Crippen LogP contribution in [0.2, 0.25) is 0 Å². The molecule has 2 rings (SSSR count). The minimum atomic E-state index is -0.969. The highest BCUT2D eigenvalue weighted by Crippen LogP contribution is 2.22. The lowest BCUT2D eigenvalue weighted by atomic mass is 10.1. The highest BCUT2D eigenvalue weighted by Gasteiger charge is 2.06. The number of ether oxygens (including phenoxy) is 1. The predicted octanol–water partition coefficient (Wildman–Crippen LogP) is 3.02. The Hall–Kier alpha value is -2.62. The number of rotatable bonds is 4. The number of carboxylic acids is 1. The molecule has 0 fully saturated rings. The van der Waals surface area contributed by atoms with E-state index in [1.165, 1.54) is 12.1 Å². The van der Waals surface area contributed by atoms with Gasteiger partial charge < -0.3 is 9.84 Å². The third-order valence-corrected chi connectivity index (χ3v) is 2.60. The standard InChI is InChI=1S/C15H12O4/c1-2-3-14(16)19-13-7-6-10-8-12(15(17)18)5-4-11(10)9-13/h2,4-9H,1,3H2,(H,17,18). The van der Waals surface area contributed by atoms with Gasteiger partial charge in [0, 0.05) is 0 Å². The zero-order valence-corrected chi connectivity index (χ0v) is 10.1. The molecule has 0 saturated carbocycles. The lowest BCUT2D eigenvalue weighted by Crippen LogP contribution is -2.05. The van der Waals surface area contributed by atoms with Crippen molar-refractivity contribution in [2.75, 3.05) is 0 Å². The lowest BCUT2D eigenvalue weighted by molar-refractivity contribution is -0.133. The minimum Gasteiger partial charge on any atom is -0.478 e. The molecule has 0 spiro atoms. The Morgan fingerprint density at radius 3 is 2.53 bits per heavy atom. The van der Waals surface area contributed by atoms with E-state index < -0.39 is 5.97 Å². The number of carboxylic acid groups (broad SMARTS) is 1. The van der Waals surface area contributed by atoms with Gasteiger partial charge in [-0.2, -0.15) is 0 Å². The van der Waals surface area contributed by atoms with Gasteiger partial charge in [-0.05, 0) is 35.0 Å². The highest BCUT2D eigenvalue weighted by molar-refractivity contribution is 5.94. The predicted molar refractivity (Wildman–Crippen MR) is 71.4 cm³/mol. The molecule has 0 heterocycles. The van der Waals surface area contributed by atoms with Crippen LogP contribution in [0.1, 0.15) is 16.8 Å². The highest BCUT2D eigenvalue weighted by atomic mass is 16.5. The van der Waals surface area contributed by atoms with Gasteiger partial charge in [0.25, 0.3) is 0 Å². The third-order valence-electron chi connectivity index (χ3n) is 2.60. The number of aromatic carboxylic acids is 1. The number of benzene rings is 2. The zero-order chi connectivity index (χ0) is 13.8. The molecule has 96 valence electrons. The van der Waals surface area contributed by atoms with Gasteiger partial charge in [-0.25, -0.2) is 4.79 Å². The van der Waals surface area contributed by atoms with E-state index in [1.54, 1.807) is 30.3 Å². The molecule has 19 heavy (non-hydrogen) atoms. The molecule has 4 nitrogen and oxygen atoms in total. The van der Waals surface area contributed by atoms with Crippen LogP contribution in [0.4, 0.5) is 0 Å². The van der Waals surface area contributed by atoms with Crippen molar-refractivity contribution < 1.29 is 19.4 Å². The second-order valence-electron chi connectivity index (χ2n) is 4.00. The van der Waals surface area contributed by atoms with Gasteiger partial charge in [-0.1, -0.05) is 18.2 Å². The van der Waals surface area contributed by atoms with Crippen LogP contribution in [0.3, 0.4) is 0 Å². The maximum atomic E-state index is 11.3. The molecule has 0 radical (unpaired) electrons. The molecule has 0 unspecified atom stereocenters. The first-order valence-corrected chi connectivity index (χ1v) is 5.69. The van der Waals surface area contributed by atoms with Crippen molar-refractivity contribution in [2.45, 2.75) is 6.42 Å². The third kappa shape index (κ3) is 2.98. The zero-order valence-electron chi connectivity index (χ0n) is 10.1. The van der Waals surface area contributed by atoms with Crippen LogP contribution < -0.4 is 4.74 Å². The van der Waals surface area contributed by atoms with Gasteiger partial charge >= 0.3 is 11.9 Å². The fraction of sp³-hybridized carbons (Fsp3) is 0.0667. The fourth-order valence-corrected chi connectivity index (χ4v) is 1.71. The number of hydrogen-bond donors (Lipinski definition) is 1. The molecule has 0 amide bonds. The Bertz CT molecular complexity index is 658. The monoisotopic (exact) mass is 256 g/mol. The Balaban J connectivity index is 2.31. The smallest absolute Gasteiger partial charge is 0.335 e. The van der Waals surface area contributed by atoms with Crippen molar-refractivity contribution in [1.29, 1.82) is 0 Å². The van der Waals surface area contributed by atoms with E-state index in [0.29, 0.717) is 5.75 Å². The normalized spacial score (nSPS) is 10.1. The first-order valence-electron chi connectivity index (χ1n) is 5.69. The van der Waals surface area contributed by atoms with Crippen molar-refractivity contribution in [2.24, 2.45) is 0 Å². The Labute approximate surface area is 109 Å². The van der Waals surface area contributed by atoms with Crippen molar-refractivity contribution in [3.05, 3.63) is 54.6 Å². The Morgan fingerprint density at radius 2 is 1.84 bits per heavy atom. The van der Waals surface area contributed by atoms with Gasteiger partial charge in [-0.3, -0.25) is 4.79 Å². The van der Waals surface area contributed by atoms with Crippen molar-refractivity contribution in [1.82, 2.24) is 0 Å². The molecule has 1 N–H and O–H groups in total. The molecule has 2 aromatic rings. The SMILES string of the molecule is C=CCC(=O)Oc1ccc2cc(C(=O)O)ccc2c1. The largest absolute Gasteiger partial charge is 0.478 e. The van der Waals surface area contributed by atoms with E-state index in [-0.39, 0.29) is 18.0 Å². The van der Waals surface area contributed by atoms with E-state index in [9.17, 15) is 9.59 Å². The molecule has 0 bridgehead atoms. The van der Waals surface area contributed by atoms with Gasteiger partial charge in [0.2, 0.25) is 0 Å². The average molecular weight is 256 g/mol. The van der Waals surface area contributed by atoms with E-state index in [4.69, 9.17) is 9.84 Å². The lowest BCUT2D eigenvalue weighted by Gasteiger charge is -2.05. The van der Waals surface area contributed by atoms with Crippen molar-refractivity contribution in [3.63, 3.8) is 0 Å².